The maximum Gasteiger partial charge on any atom is 0.239 e. The molecule has 2 N–H and O–H groups in total. The number of likely N-dealkylation sites (N-methyl/N-ethyl adjacent to an activating group) is 1. The van der Waals surface area contributed by atoms with Crippen LogP contribution in [-0.4, -0.2) is 29.9 Å². The van der Waals surface area contributed by atoms with Gasteiger partial charge in [0, 0.05) is 13.1 Å². The van der Waals surface area contributed by atoms with Gasteiger partial charge in [0.25, 0.3) is 0 Å². The highest BCUT2D eigenvalue weighted by molar-refractivity contribution is 5.81. The van der Waals surface area contributed by atoms with Crippen molar-refractivity contribution < 1.29 is 4.79 Å². The summed E-state index contributed by atoms with van der Waals surface area (Å²) in [7, 11) is 1.83. The molecule has 3 nitrogen and oxygen atoms in total. The van der Waals surface area contributed by atoms with Crippen LogP contribution in [-0.2, 0) is 4.79 Å². The van der Waals surface area contributed by atoms with Crippen molar-refractivity contribution in [3.05, 3.63) is 0 Å². The van der Waals surface area contributed by atoms with Crippen LogP contribution in [0.2, 0.25) is 0 Å². The van der Waals surface area contributed by atoms with Crippen LogP contribution in [0, 0.1) is 5.41 Å². The minimum absolute atomic E-state index is 0.0370. The number of hydrogen-bond acceptors (Lipinski definition) is 2. The van der Waals surface area contributed by atoms with Crippen molar-refractivity contribution in [2.45, 2.75) is 53.1 Å². The van der Waals surface area contributed by atoms with E-state index in [9.17, 15) is 4.79 Å². The van der Waals surface area contributed by atoms with E-state index in [1.165, 1.54) is 0 Å². The number of hydrogen-bond donors (Lipinski definition) is 1. The van der Waals surface area contributed by atoms with Crippen molar-refractivity contribution in [1.82, 2.24) is 4.90 Å². The maximum absolute atomic E-state index is 11.8. The second-order valence-corrected chi connectivity index (χ2v) is 5.01. The molecule has 0 aromatic heterocycles. The van der Waals surface area contributed by atoms with E-state index < -0.39 is 0 Å². The zero-order valence-corrected chi connectivity index (χ0v) is 10.3. The molecule has 0 saturated heterocycles. The van der Waals surface area contributed by atoms with Crippen LogP contribution in [0.15, 0.2) is 0 Å². The molecule has 14 heavy (non-hydrogen) atoms. The van der Waals surface area contributed by atoms with Crippen LogP contribution in [0.25, 0.3) is 0 Å². The van der Waals surface area contributed by atoms with E-state index in [0.717, 1.165) is 0 Å². The van der Waals surface area contributed by atoms with E-state index >= 15 is 0 Å². The summed E-state index contributed by atoms with van der Waals surface area (Å²) in [4.78, 5) is 13.5. The molecule has 0 aromatic rings. The lowest BCUT2D eigenvalue weighted by Crippen LogP contribution is -2.49. The molecule has 1 unspecified atom stereocenters. The van der Waals surface area contributed by atoms with Gasteiger partial charge in [0.2, 0.25) is 5.91 Å². The van der Waals surface area contributed by atoms with Gasteiger partial charge in [-0.05, 0) is 18.8 Å². The second kappa shape index (κ2) is 4.78. The van der Waals surface area contributed by atoms with E-state index in [1.807, 2.05) is 14.0 Å². The zero-order valence-electron chi connectivity index (χ0n) is 10.3. The predicted molar refractivity (Wildman–Crippen MR) is 60.0 cm³/mol. The molecule has 0 aromatic carbocycles. The van der Waals surface area contributed by atoms with Gasteiger partial charge < -0.3 is 10.6 Å². The topological polar surface area (TPSA) is 46.3 Å². The molecule has 0 aliphatic heterocycles. The average molecular weight is 200 g/mol. The molecule has 0 radical (unpaired) electrons. The lowest BCUT2D eigenvalue weighted by atomic mass is 9.87. The first-order valence-electron chi connectivity index (χ1n) is 5.24. The normalized spacial score (nSPS) is 16.2. The highest BCUT2D eigenvalue weighted by Gasteiger charge is 2.28. The molecular formula is C11H24N2O. The van der Waals surface area contributed by atoms with Crippen molar-refractivity contribution in [2.75, 3.05) is 7.05 Å². The average Bonchev–Trinajstić information content (AvgIpc) is 2.11. The predicted octanol–water partition coefficient (Wildman–Crippen LogP) is 1.62. The van der Waals surface area contributed by atoms with Crippen molar-refractivity contribution in [3.8, 4) is 0 Å². The SMILES string of the molecule is CC[C@H](N)C(=O)N(C)C(C)C(C)(C)C. The minimum atomic E-state index is -0.357. The van der Waals surface area contributed by atoms with Gasteiger partial charge in [0.15, 0.2) is 0 Å². The molecular weight excluding hydrogens is 176 g/mol. The largest absolute Gasteiger partial charge is 0.341 e. The van der Waals surface area contributed by atoms with Crippen molar-refractivity contribution >= 4 is 5.91 Å². The fourth-order valence-electron chi connectivity index (χ4n) is 1.21. The number of rotatable bonds is 3. The van der Waals surface area contributed by atoms with E-state index in [1.54, 1.807) is 4.90 Å². The Morgan fingerprint density at radius 2 is 1.86 bits per heavy atom. The number of carbonyl (C=O) groups excluding carboxylic acids is 1. The van der Waals surface area contributed by atoms with Crippen LogP contribution in [0.5, 0.6) is 0 Å². The Balaban J connectivity index is 4.47. The standard InChI is InChI=1S/C11H24N2O/c1-7-9(12)10(14)13(6)8(2)11(3,4)5/h8-9H,7,12H2,1-6H3/t8?,9-/m0/s1. The Kier molecular flexibility index (Phi) is 4.59. The van der Waals surface area contributed by atoms with E-state index in [0.29, 0.717) is 6.42 Å². The monoisotopic (exact) mass is 200 g/mol. The molecule has 0 rings (SSSR count). The van der Waals surface area contributed by atoms with E-state index in [-0.39, 0.29) is 23.4 Å². The summed E-state index contributed by atoms with van der Waals surface area (Å²) in [5.74, 6) is 0.0370. The molecule has 84 valence electrons. The number of nitrogens with two attached hydrogens (primary N) is 1. The molecule has 0 aliphatic rings. The number of amides is 1. The molecule has 1 amide bonds. The molecule has 0 spiro atoms. The van der Waals surface area contributed by atoms with Gasteiger partial charge >= 0.3 is 0 Å². The first kappa shape index (κ1) is 13.4. The summed E-state index contributed by atoms with van der Waals surface area (Å²) < 4.78 is 0. The molecule has 0 heterocycles. The molecule has 3 heteroatoms. The van der Waals surface area contributed by atoms with Gasteiger partial charge in [0.05, 0.1) is 6.04 Å². The quantitative estimate of drug-likeness (QED) is 0.752. The molecule has 0 bridgehead atoms. The Morgan fingerprint density at radius 3 is 2.14 bits per heavy atom. The van der Waals surface area contributed by atoms with Crippen molar-refractivity contribution in [2.24, 2.45) is 11.1 Å². The van der Waals surface area contributed by atoms with Crippen LogP contribution in [0.4, 0.5) is 0 Å². The second-order valence-electron chi connectivity index (χ2n) is 5.01. The Bertz CT molecular complexity index is 196. The summed E-state index contributed by atoms with van der Waals surface area (Å²) >= 11 is 0. The zero-order chi connectivity index (χ0) is 11.5. The van der Waals surface area contributed by atoms with Gasteiger partial charge in [-0.2, -0.15) is 0 Å². The fourth-order valence-corrected chi connectivity index (χ4v) is 1.21. The Labute approximate surface area is 87.6 Å². The van der Waals surface area contributed by atoms with Gasteiger partial charge in [-0.25, -0.2) is 0 Å². The smallest absolute Gasteiger partial charge is 0.239 e. The lowest BCUT2D eigenvalue weighted by Gasteiger charge is -2.36. The first-order valence-corrected chi connectivity index (χ1v) is 5.24. The molecule has 0 aliphatic carbocycles. The van der Waals surface area contributed by atoms with Crippen LogP contribution < -0.4 is 5.73 Å². The third-order valence-electron chi connectivity index (χ3n) is 2.94. The molecule has 0 fully saturated rings. The third-order valence-corrected chi connectivity index (χ3v) is 2.94. The Hall–Kier alpha value is -0.570. The van der Waals surface area contributed by atoms with Gasteiger partial charge in [-0.15, -0.1) is 0 Å². The maximum atomic E-state index is 11.8. The fraction of sp³-hybridized carbons (Fsp3) is 0.909. The van der Waals surface area contributed by atoms with E-state index in [4.69, 9.17) is 5.73 Å². The van der Waals surface area contributed by atoms with Crippen molar-refractivity contribution in [3.63, 3.8) is 0 Å². The van der Waals surface area contributed by atoms with Gasteiger partial charge in [0.1, 0.15) is 0 Å². The van der Waals surface area contributed by atoms with Gasteiger partial charge in [-0.1, -0.05) is 27.7 Å². The third kappa shape index (κ3) is 3.29. The summed E-state index contributed by atoms with van der Waals surface area (Å²) in [5, 5.41) is 0. The minimum Gasteiger partial charge on any atom is -0.341 e. The highest BCUT2D eigenvalue weighted by Crippen LogP contribution is 2.23. The van der Waals surface area contributed by atoms with Gasteiger partial charge in [-0.3, -0.25) is 4.79 Å². The molecule has 0 saturated carbocycles. The summed E-state index contributed by atoms with van der Waals surface area (Å²) in [5.41, 5.74) is 5.80. The van der Waals surface area contributed by atoms with Crippen molar-refractivity contribution in [1.29, 1.82) is 0 Å². The first-order chi connectivity index (χ1) is 6.21. The lowest BCUT2D eigenvalue weighted by molar-refractivity contribution is -0.135. The number of carbonyl (C=O) groups is 1. The molecule has 2 atom stereocenters. The number of nitrogens with zero attached hydrogens (tertiary/aromatic N) is 1. The van der Waals surface area contributed by atoms with E-state index in [2.05, 4.69) is 27.7 Å². The van der Waals surface area contributed by atoms with Crippen LogP contribution in [0.3, 0.4) is 0 Å². The summed E-state index contributed by atoms with van der Waals surface area (Å²) in [6.07, 6.45) is 0.694. The van der Waals surface area contributed by atoms with Crippen LogP contribution in [0.1, 0.15) is 41.0 Å². The Morgan fingerprint density at radius 1 is 1.43 bits per heavy atom. The summed E-state index contributed by atoms with van der Waals surface area (Å²) in [6.45, 7) is 10.4. The summed E-state index contributed by atoms with van der Waals surface area (Å²) in [6, 6.07) is -0.155. The highest BCUT2D eigenvalue weighted by atomic mass is 16.2. The van der Waals surface area contributed by atoms with Crippen LogP contribution >= 0.6 is 0 Å².